The van der Waals surface area contributed by atoms with E-state index in [4.69, 9.17) is 4.42 Å². The summed E-state index contributed by atoms with van der Waals surface area (Å²) in [5.74, 6) is 1.96. The number of furan rings is 1. The Kier molecular flexibility index (Phi) is 3.72. The van der Waals surface area contributed by atoms with Crippen molar-refractivity contribution in [2.45, 2.75) is 19.9 Å². The van der Waals surface area contributed by atoms with Gasteiger partial charge in [-0.15, -0.1) is 0 Å². The van der Waals surface area contributed by atoms with E-state index in [2.05, 4.69) is 10.3 Å². The maximum atomic E-state index is 5.46. The van der Waals surface area contributed by atoms with Gasteiger partial charge < -0.3 is 9.73 Å². The lowest BCUT2D eigenvalue weighted by atomic mass is 10.2. The van der Waals surface area contributed by atoms with Crippen molar-refractivity contribution in [3.8, 4) is 0 Å². The Morgan fingerprint density at radius 2 is 2.00 bits per heavy atom. The average Bonchev–Trinajstić information content (AvgIpc) is 2.72. The van der Waals surface area contributed by atoms with Gasteiger partial charge in [-0.25, -0.2) is 0 Å². The third kappa shape index (κ3) is 3.21. The van der Waals surface area contributed by atoms with Gasteiger partial charge in [0.1, 0.15) is 11.5 Å². The molecule has 0 atom stereocenters. The van der Waals surface area contributed by atoms with Crippen LogP contribution < -0.4 is 5.32 Å². The summed E-state index contributed by atoms with van der Waals surface area (Å²) < 4.78 is 5.46. The summed E-state index contributed by atoms with van der Waals surface area (Å²) in [4.78, 5) is 3.99. The van der Waals surface area contributed by atoms with Crippen LogP contribution in [-0.4, -0.2) is 11.5 Å². The number of nitrogens with one attached hydrogen (secondary N) is 1. The molecular formula is C13H16N2O. The Morgan fingerprint density at radius 1 is 1.19 bits per heavy atom. The highest BCUT2D eigenvalue weighted by Crippen LogP contribution is 2.05. The van der Waals surface area contributed by atoms with Crippen LogP contribution >= 0.6 is 0 Å². The van der Waals surface area contributed by atoms with Gasteiger partial charge in [0.25, 0.3) is 0 Å². The predicted octanol–water partition coefficient (Wildman–Crippen LogP) is 2.32. The molecule has 2 heterocycles. The lowest BCUT2D eigenvalue weighted by molar-refractivity contribution is 0.463. The summed E-state index contributed by atoms with van der Waals surface area (Å²) in [7, 11) is 0. The summed E-state index contributed by atoms with van der Waals surface area (Å²) >= 11 is 0. The molecule has 0 saturated heterocycles. The van der Waals surface area contributed by atoms with E-state index >= 15 is 0 Å². The van der Waals surface area contributed by atoms with Crippen LogP contribution in [0.15, 0.2) is 41.1 Å². The predicted molar refractivity (Wildman–Crippen MR) is 63.1 cm³/mol. The number of hydrogen-bond acceptors (Lipinski definition) is 3. The minimum absolute atomic E-state index is 0.791. The normalized spacial score (nSPS) is 10.6. The SMILES string of the molecule is Cc1ccc(CNCCc2ccncc2)o1. The Labute approximate surface area is 95.5 Å². The van der Waals surface area contributed by atoms with Crippen molar-refractivity contribution >= 4 is 0 Å². The van der Waals surface area contributed by atoms with Crippen molar-refractivity contribution < 1.29 is 4.42 Å². The quantitative estimate of drug-likeness (QED) is 0.779. The molecule has 16 heavy (non-hydrogen) atoms. The molecule has 0 radical (unpaired) electrons. The van der Waals surface area contributed by atoms with Gasteiger partial charge in [0.05, 0.1) is 6.54 Å². The molecule has 0 aliphatic carbocycles. The number of aromatic nitrogens is 1. The minimum atomic E-state index is 0.791. The minimum Gasteiger partial charge on any atom is -0.465 e. The first-order valence-electron chi connectivity index (χ1n) is 5.49. The number of nitrogens with zero attached hydrogens (tertiary/aromatic N) is 1. The molecule has 0 amide bonds. The highest BCUT2D eigenvalue weighted by molar-refractivity contribution is 5.10. The van der Waals surface area contributed by atoms with Crippen LogP contribution in [0.4, 0.5) is 0 Å². The molecule has 0 fully saturated rings. The van der Waals surface area contributed by atoms with E-state index in [1.807, 2.05) is 43.6 Å². The largest absolute Gasteiger partial charge is 0.465 e. The Balaban J connectivity index is 1.69. The van der Waals surface area contributed by atoms with E-state index in [9.17, 15) is 0 Å². The zero-order valence-electron chi connectivity index (χ0n) is 9.44. The average molecular weight is 216 g/mol. The zero-order valence-corrected chi connectivity index (χ0v) is 9.44. The number of rotatable bonds is 5. The van der Waals surface area contributed by atoms with Crippen molar-refractivity contribution in [2.75, 3.05) is 6.54 Å². The van der Waals surface area contributed by atoms with Gasteiger partial charge in [0.2, 0.25) is 0 Å². The lowest BCUT2D eigenvalue weighted by Gasteiger charge is -2.02. The fourth-order valence-corrected chi connectivity index (χ4v) is 1.57. The van der Waals surface area contributed by atoms with Crippen LogP contribution in [0.2, 0.25) is 0 Å². The highest BCUT2D eigenvalue weighted by atomic mass is 16.3. The van der Waals surface area contributed by atoms with Gasteiger partial charge in [-0.05, 0) is 49.7 Å². The molecule has 0 aliphatic heterocycles. The Bertz CT molecular complexity index is 423. The molecule has 2 aromatic heterocycles. The third-order valence-electron chi connectivity index (χ3n) is 2.44. The second-order valence-corrected chi connectivity index (χ2v) is 3.79. The van der Waals surface area contributed by atoms with E-state index < -0.39 is 0 Å². The van der Waals surface area contributed by atoms with E-state index in [-0.39, 0.29) is 0 Å². The second-order valence-electron chi connectivity index (χ2n) is 3.79. The van der Waals surface area contributed by atoms with Crippen LogP contribution in [0.25, 0.3) is 0 Å². The summed E-state index contributed by atoms with van der Waals surface area (Å²) in [6.45, 7) is 3.70. The molecular weight excluding hydrogens is 200 g/mol. The Morgan fingerprint density at radius 3 is 2.69 bits per heavy atom. The molecule has 0 unspecified atom stereocenters. The van der Waals surface area contributed by atoms with E-state index in [1.165, 1.54) is 5.56 Å². The fourth-order valence-electron chi connectivity index (χ4n) is 1.57. The van der Waals surface area contributed by atoms with Crippen molar-refractivity contribution in [2.24, 2.45) is 0 Å². The van der Waals surface area contributed by atoms with Crippen LogP contribution in [-0.2, 0) is 13.0 Å². The van der Waals surface area contributed by atoms with Gasteiger partial charge in [-0.3, -0.25) is 4.98 Å². The molecule has 0 saturated carbocycles. The first kappa shape index (κ1) is 10.9. The summed E-state index contributed by atoms with van der Waals surface area (Å²) in [5.41, 5.74) is 1.30. The van der Waals surface area contributed by atoms with Crippen LogP contribution in [0.3, 0.4) is 0 Å². The van der Waals surface area contributed by atoms with Gasteiger partial charge in [0, 0.05) is 12.4 Å². The second kappa shape index (κ2) is 5.47. The van der Waals surface area contributed by atoms with Crippen molar-refractivity contribution in [1.29, 1.82) is 0 Å². The first-order chi connectivity index (χ1) is 7.84. The van der Waals surface area contributed by atoms with E-state index in [1.54, 1.807) is 0 Å². The van der Waals surface area contributed by atoms with Crippen molar-refractivity contribution in [3.05, 3.63) is 53.7 Å². The van der Waals surface area contributed by atoms with Gasteiger partial charge in [-0.1, -0.05) is 0 Å². The molecule has 0 aromatic carbocycles. The molecule has 0 spiro atoms. The zero-order chi connectivity index (χ0) is 11.2. The number of hydrogen-bond donors (Lipinski definition) is 1. The molecule has 2 aromatic rings. The van der Waals surface area contributed by atoms with Crippen molar-refractivity contribution in [1.82, 2.24) is 10.3 Å². The first-order valence-corrected chi connectivity index (χ1v) is 5.49. The molecule has 1 N–H and O–H groups in total. The maximum absolute atomic E-state index is 5.46. The van der Waals surface area contributed by atoms with Crippen LogP contribution in [0.1, 0.15) is 17.1 Å². The molecule has 3 nitrogen and oxygen atoms in total. The maximum Gasteiger partial charge on any atom is 0.117 e. The molecule has 0 aliphatic rings. The monoisotopic (exact) mass is 216 g/mol. The number of aryl methyl sites for hydroxylation is 1. The lowest BCUT2D eigenvalue weighted by Crippen LogP contribution is -2.16. The molecule has 0 bridgehead atoms. The molecule has 3 heteroatoms. The molecule has 84 valence electrons. The van der Waals surface area contributed by atoms with Crippen molar-refractivity contribution in [3.63, 3.8) is 0 Å². The molecule has 2 rings (SSSR count). The fraction of sp³-hybridized carbons (Fsp3) is 0.308. The third-order valence-corrected chi connectivity index (χ3v) is 2.44. The highest BCUT2D eigenvalue weighted by Gasteiger charge is 1.97. The topological polar surface area (TPSA) is 38.1 Å². The summed E-state index contributed by atoms with van der Waals surface area (Å²) in [6, 6.07) is 8.08. The standard InChI is InChI=1S/C13H16N2O/c1-11-2-3-13(16-11)10-15-9-6-12-4-7-14-8-5-12/h2-5,7-8,15H,6,9-10H2,1H3. The van der Waals surface area contributed by atoms with Gasteiger partial charge in [-0.2, -0.15) is 0 Å². The van der Waals surface area contributed by atoms with Crippen LogP contribution in [0.5, 0.6) is 0 Å². The number of pyridine rings is 1. The van der Waals surface area contributed by atoms with Crippen LogP contribution in [0, 0.1) is 6.92 Å². The van der Waals surface area contributed by atoms with E-state index in [0.29, 0.717) is 0 Å². The smallest absolute Gasteiger partial charge is 0.117 e. The van der Waals surface area contributed by atoms with E-state index in [0.717, 1.165) is 31.0 Å². The summed E-state index contributed by atoms with van der Waals surface area (Å²) in [5, 5.41) is 3.35. The summed E-state index contributed by atoms with van der Waals surface area (Å²) in [6.07, 6.45) is 4.67. The Hall–Kier alpha value is -1.61. The van der Waals surface area contributed by atoms with Gasteiger partial charge in [0.15, 0.2) is 0 Å². The van der Waals surface area contributed by atoms with Gasteiger partial charge >= 0.3 is 0 Å².